The minimum atomic E-state index is 0.504. The lowest BCUT2D eigenvalue weighted by Crippen LogP contribution is -2.29. The van der Waals surface area contributed by atoms with Crippen molar-refractivity contribution in [3.63, 3.8) is 0 Å². The lowest BCUT2D eigenvalue weighted by Gasteiger charge is -2.23. The van der Waals surface area contributed by atoms with Crippen LogP contribution in [0.25, 0.3) is 0 Å². The topological polar surface area (TPSA) is 3.24 Å². The van der Waals surface area contributed by atoms with E-state index in [0.717, 1.165) is 19.4 Å². The van der Waals surface area contributed by atoms with E-state index in [-0.39, 0.29) is 0 Å². The minimum Gasteiger partial charge on any atom is -0.292 e. The van der Waals surface area contributed by atoms with Crippen LogP contribution < -0.4 is 0 Å². The summed E-state index contributed by atoms with van der Waals surface area (Å²) in [6, 6.07) is 0.504. The van der Waals surface area contributed by atoms with Crippen molar-refractivity contribution in [1.82, 2.24) is 4.90 Å². The predicted octanol–water partition coefficient (Wildman–Crippen LogP) is 3.88. The molecule has 1 nitrogen and oxygen atoms in total. The third-order valence-corrected chi connectivity index (χ3v) is 2.96. The molecular weight excluding hydrogens is 206 g/mol. The molecule has 0 bridgehead atoms. The van der Waals surface area contributed by atoms with E-state index in [1.54, 1.807) is 0 Å². The van der Waals surface area contributed by atoms with Gasteiger partial charge in [0.15, 0.2) is 0 Å². The summed E-state index contributed by atoms with van der Waals surface area (Å²) in [7, 11) is 2.09. The second-order valence-electron chi connectivity index (χ2n) is 5.00. The van der Waals surface area contributed by atoms with E-state index in [1.165, 1.54) is 5.57 Å². The zero-order valence-electron chi connectivity index (χ0n) is 12.0. The Morgan fingerprint density at radius 2 is 2.00 bits per heavy atom. The van der Waals surface area contributed by atoms with Crippen molar-refractivity contribution < 1.29 is 0 Å². The molecule has 96 valence electrons. The Balaban J connectivity index is 4.19. The Kier molecular flexibility index (Phi) is 8.54. The van der Waals surface area contributed by atoms with Crippen molar-refractivity contribution in [1.29, 1.82) is 0 Å². The second-order valence-corrected chi connectivity index (χ2v) is 5.00. The maximum Gasteiger partial charge on any atom is 0.0598 e. The van der Waals surface area contributed by atoms with Crippen molar-refractivity contribution in [3.05, 3.63) is 23.8 Å². The van der Waals surface area contributed by atoms with Gasteiger partial charge < -0.3 is 0 Å². The Morgan fingerprint density at radius 3 is 2.47 bits per heavy atom. The standard InChI is InChI=1S/C16H27N/c1-7-12-17(6)15(5)13-16(8-2)11-9-10-14(3)4/h1,8-10,14-15H,11-13H2,2-6H3/b10-9-,16-8+. The molecule has 0 aliphatic heterocycles. The quantitative estimate of drug-likeness (QED) is 0.476. The van der Waals surface area contributed by atoms with Crippen LogP contribution >= 0.6 is 0 Å². The first kappa shape index (κ1) is 16.0. The smallest absolute Gasteiger partial charge is 0.0598 e. The van der Waals surface area contributed by atoms with Gasteiger partial charge in [0.25, 0.3) is 0 Å². The molecule has 0 aromatic rings. The Bertz CT molecular complexity index is 291. The Morgan fingerprint density at radius 1 is 1.35 bits per heavy atom. The van der Waals surface area contributed by atoms with Gasteiger partial charge in [0.1, 0.15) is 0 Å². The van der Waals surface area contributed by atoms with Gasteiger partial charge in [0.2, 0.25) is 0 Å². The molecule has 0 amide bonds. The van der Waals surface area contributed by atoms with Gasteiger partial charge in [-0.15, -0.1) is 6.42 Å². The fourth-order valence-electron chi connectivity index (χ4n) is 1.65. The lowest BCUT2D eigenvalue weighted by molar-refractivity contribution is 0.286. The fourth-order valence-corrected chi connectivity index (χ4v) is 1.65. The summed E-state index contributed by atoms with van der Waals surface area (Å²) in [6.45, 7) is 9.48. The van der Waals surface area contributed by atoms with Gasteiger partial charge in [0, 0.05) is 6.04 Å². The SMILES string of the molecule is C#CCN(C)C(C)C/C(=C/C)C/C=C\C(C)C. The molecule has 1 heteroatoms. The number of terminal acetylenes is 1. The summed E-state index contributed by atoms with van der Waals surface area (Å²) in [5.74, 6) is 3.32. The molecule has 1 unspecified atom stereocenters. The number of hydrogen-bond donors (Lipinski definition) is 0. The maximum absolute atomic E-state index is 5.33. The van der Waals surface area contributed by atoms with Crippen LogP contribution in [-0.2, 0) is 0 Å². The third kappa shape index (κ3) is 7.82. The van der Waals surface area contributed by atoms with E-state index in [2.05, 4.69) is 63.8 Å². The van der Waals surface area contributed by atoms with Gasteiger partial charge in [-0.2, -0.15) is 0 Å². The summed E-state index contributed by atoms with van der Waals surface area (Å²) in [5.41, 5.74) is 1.48. The van der Waals surface area contributed by atoms with Crippen LogP contribution in [0.4, 0.5) is 0 Å². The zero-order valence-corrected chi connectivity index (χ0v) is 12.0. The van der Waals surface area contributed by atoms with E-state index < -0.39 is 0 Å². The number of hydrogen-bond acceptors (Lipinski definition) is 1. The molecule has 17 heavy (non-hydrogen) atoms. The van der Waals surface area contributed by atoms with E-state index in [1.807, 2.05) is 0 Å². The Labute approximate surface area is 108 Å². The van der Waals surface area contributed by atoms with Crippen LogP contribution in [0.3, 0.4) is 0 Å². The van der Waals surface area contributed by atoms with E-state index in [0.29, 0.717) is 12.0 Å². The predicted molar refractivity (Wildman–Crippen MR) is 77.9 cm³/mol. The summed E-state index contributed by atoms with van der Waals surface area (Å²) >= 11 is 0. The monoisotopic (exact) mass is 233 g/mol. The van der Waals surface area contributed by atoms with Crippen molar-refractivity contribution in [3.8, 4) is 12.3 Å². The molecule has 0 rings (SSSR count). The highest BCUT2D eigenvalue weighted by Gasteiger charge is 2.09. The molecule has 0 aromatic heterocycles. The molecule has 0 saturated heterocycles. The molecule has 0 heterocycles. The second kappa shape index (κ2) is 9.07. The molecule has 0 N–H and O–H groups in total. The minimum absolute atomic E-state index is 0.504. The first-order valence-electron chi connectivity index (χ1n) is 6.45. The molecule has 0 aromatic carbocycles. The highest BCUT2D eigenvalue weighted by Crippen LogP contribution is 2.14. The van der Waals surface area contributed by atoms with E-state index in [4.69, 9.17) is 6.42 Å². The lowest BCUT2D eigenvalue weighted by atomic mass is 10.0. The Hall–Kier alpha value is -1.00. The summed E-state index contributed by atoms with van der Waals surface area (Å²) in [5, 5.41) is 0. The molecule has 1 atom stereocenters. The van der Waals surface area contributed by atoms with Crippen molar-refractivity contribution in [2.24, 2.45) is 5.92 Å². The highest BCUT2D eigenvalue weighted by molar-refractivity contribution is 5.08. The summed E-state index contributed by atoms with van der Waals surface area (Å²) < 4.78 is 0. The summed E-state index contributed by atoms with van der Waals surface area (Å²) in [4.78, 5) is 2.22. The van der Waals surface area contributed by atoms with Crippen molar-refractivity contribution in [2.45, 2.75) is 46.6 Å². The highest BCUT2D eigenvalue weighted by atomic mass is 15.1. The van der Waals surface area contributed by atoms with Crippen molar-refractivity contribution in [2.75, 3.05) is 13.6 Å². The molecular formula is C16H27N. The van der Waals surface area contributed by atoms with E-state index in [9.17, 15) is 0 Å². The maximum atomic E-state index is 5.33. The van der Waals surface area contributed by atoms with Crippen LogP contribution in [0.5, 0.6) is 0 Å². The van der Waals surface area contributed by atoms with Gasteiger partial charge in [-0.05, 0) is 39.7 Å². The van der Waals surface area contributed by atoms with Gasteiger partial charge in [-0.3, -0.25) is 4.90 Å². The molecule has 0 spiro atoms. The van der Waals surface area contributed by atoms with Gasteiger partial charge in [0.05, 0.1) is 6.54 Å². The average Bonchev–Trinajstić information content (AvgIpc) is 2.27. The molecule has 0 fully saturated rings. The molecule has 0 saturated carbocycles. The molecule has 0 aliphatic carbocycles. The van der Waals surface area contributed by atoms with Crippen LogP contribution in [0.1, 0.15) is 40.5 Å². The fraction of sp³-hybridized carbons (Fsp3) is 0.625. The van der Waals surface area contributed by atoms with Crippen LogP contribution in [0, 0.1) is 18.3 Å². The van der Waals surface area contributed by atoms with E-state index >= 15 is 0 Å². The zero-order chi connectivity index (χ0) is 13.3. The van der Waals surface area contributed by atoms with Crippen molar-refractivity contribution >= 4 is 0 Å². The van der Waals surface area contributed by atoms with Crippen LogP contribution in [-0.4, -0.2) is 24.5 Å². The molecule has 0 radical (unpaired) electrons. The van der Waals surface area contributed by atoms with Gasteiger partial charge in [-0.1, -0.05) is 43.6 Å². The van der Waals surface area contributed by atoms with Gasteiger partial charge >= 0.3 is 0 Å². The van der Waals surface area contributed by atoms with Crippen LogP contribution in [0.2, 0.25) is 0 Å². The first-order valence-corrected chi connectivity index (χ1v) is 6.45. The third-order valence-electron chi connectivity index (χ3n) is 2.96. The average molecular weight is 233 g/mol. The number of allylic oxidation sites excluding steroid dienone is 3. The first-order chi connectivity index (χ1) is 8.01. The number of rotatable bonds is 7. The number of nitrogens with zero attached hydrogens (tertiary/aromatic N) is 1. The van der Waals surface area contributed by atoms with Crippen LogP contribution in [0.15, 0.2) is 23.8 Å². The summed E-state index contributed by atoms with van der Waals surface area (Å²) in [6.07, 6.45) is 14.2. The largest absolute Gasteiger partial charge is 0.292 e. The van der Waals surface area contributed by atoms with Gasteiger partial charge in [-0.25, -0.2) is 0 Å². The molecule has 0 aliphatic rings. The normalized spacial score (nSPS) is 14.6.